The van der Waals surface area contributed by atoms with Crippen LogP contribution in [0.4, 0.5) is 13.2 Å². The lowest BCUT2D eigenvalue weighted by Crippen LogP contribution is -2.40. The van der Waals surface area contributed by atoms with Crippen LogP contribution in [0, 0.1) is 12.3 Å². The molecule has 1 aromatic carbocycles. The van der Waals surface area contributed by atoms with Crippen molar-refractivity contribution in [2.45, 2.75) is 55.6 Å². The molecule has 2 aromatic rings. The quantitative estimate of drug-likeness (QED) is 0.318. The number of hydrogen-bond acceptors (Lipinski definition) is 6. The molecular weight excluding hydrogens is 525 g/mol. The van der Waals surface area contributed by atoms with Gasteiger partial charge in [-0.15, -0.1) is 11.8 Å². The number of aromatic nitrogens is 1. The highest BCUT2D eigenvalue weighted by Crippen LogP contribution is 2.65. The van der Waals surface area contributed by atoms with E-state index in [1.807, 2.05) is 44.1 Å². The fourth-order valence-corrected chi connectivity index (χ4v) is 5.70. The van der Waals surface area contributed by atoms with Crippen LogP contribution in [0.5, 0.6) is 0 Å². The number of aryl methyl sites for hydroxylation is 1. The van der Waals surface area contributed by atoms with Crippen molar-refractivity contribution in [3.63, 3.8) is 0 Å². The zero-order valence-corrected chi connectivity index (χ0v) is 23.0. The topological polar surface area (TPSA) is 77.5 Å². The van der Waals surface area contributed by atoms with Gasteiger partial charge in [-0.25, -0.2) is 0 Å². The number of nitrogens with one attached hydrogen (secondary N) is 2. The van der Waals surface area contributed by atoms with Crippen LogP contribution in [0.25, 0.3) is 0 Å². The molecular formula is C26H34ClF3N4O2S. The minimum Gasteiger partial charge on any atom is -0.374 e. The van der Waals surface area contributed by atoms with E-state index in [1.54, 1.807) is 18.8 Å². The highest BCUT2D eigenvalue weighted by Gasteiger charge is 2.67. The Bertz CT molecular complexity index is 1060. The summed E-state index contributed by atoms with van der Waals surface area (Å²) in [5.74, 6) is -0.828. The van der Waals surface area contributed by atoms with E-state index in [1.165, 1.54) is 18.3 Å². The minimum atomic E-state index is -4.42. The predicted molar refractivity (Wildman–Crippen MR) is 141 cm³/mol. The lowest BCUT2D eigenvalue weighted by Gasteiger charge is -2.29. The number of carbonyl (C=O) groups excluding carboxylic acids is 1. The van der Waals surface area contributed by atoms with Crippen molar-refractivity contribution in [3.8, 4) is 0 Å². The van der Waals surface area contributed by atoms with Gasteiger partial charge < -0.3 is 10.4 Å². The molecule has 0 radical (unpaired) electrons. The first-order valence-corrected chi connectivity index (χ1v) is 13.5. The van der Waals surface area contributed by atoms with Crippen molar-refractivity contribution in [2.75, 3.05) is 27.7 Å². The molecule has 1 fully saturated rings. The van der Waals surface area contributed by atoms with Gasteiger partial charge in [-0.1, -0.05) is 29.8 Å². The van der Waals surface area contributed by atoms with Gasteiger partial charge in [-0.05, 0) is 69.7 Å². The van der Waals surface area contributed by atoms with Crippen LogP contribution in [0.15, 0.2) is 36.5 Å². The van der Waals surface area contributed by atoms with Gasteiger partial charge in [0.15, 0.2) is 0 Å². The van der Waals surface area contributed by atoms with Gasteiger partial charge in [0.25, 0.3) is 0 Å². The summed E-state index contributed by atoms with van der Waals surface area (Å²) in [6.07, 6.45) is -4.16. The molecule has 6 nitrogen and oxygen atoms in total. The summed E-state index contributed by atoms with van der Waals surface area (Å²) in [7, 11) is 5.47. The van der Waals surface area contributed by atoms with Crippen LogP contribution in [0.3, 0.4) is 0 Å². The molecule has 1 amide bonds. The van der Waals surface area contributed by atoms with Crippen molar-refractivity contribution in [2.24, 2.45) is 5.41 Å². The monoisotopic (exact) mass is 558 g/mol. The maximum Gasteiger partial charge on any atom is 0.395 e. The van der Waals surface area contributed by atoms with Gasteiger partial charge in [-0.2, -0.15) is 13.2 Å². The van der Waals surface area contributed by atoms with E-state index in [2.05, 4.69) is 15.6 Å². The number of aliphatic hydroxyl groups is 1. The molecule has 0 aliphatic heterocycles. The molecule has 0 saturated heterocycles. The molecule has 1 aromatic heterocycles. The third-order valence-corrected chi connectivity index (χ3v) is 8.63. The van der Waals surface area contributed by atoms with Crippen molar-refractivity contribution >= 4 is 29.3 Å². The third-order valence-electron chi connectivity index (χ3n) is 6.95. The fraction of sp³-hybridized carbons (Fsp3) is 0.538. The van der Waals surface area contributed by atoms with E-state index in [4.69, 9.17) is 11.6 Å². The van der Waals surface area contributed by atoms with Crippen molar-refractivity contribution in [1.82, 2.24) is 20.5 Å². The number of likely N-dealkylation sites (N-methyl/N-ethyl adjacent to an activating group) is 1. The van der Waals surface area contributed by atoms with Gasteiger partial charge in [0, 0.05) is 36.5 Å². The maximum atomic E-state index is 14.0. The highest BCUT2D eigenvalue weighted by molar-refractivity contribution is 7.99. The second kappa shape index (κ2) is 12.3. The smallest absolute Gasteiger partial charge is 0.374 e. The molecule has 37 heavy (non-hydrogen) atoms. The first kappa shape index (κ1) is 29.7. The number of benzene rings is 1. The maximum absolute atomic E-state index is 14.0. The number of rotatable bonds is 12. The van der Waals surface area contributed by atoms with Crippen LogP contribution in [0.2, 0.25) is 5.02 Å². The van der Waals surface area contributed by atoms with Crippen LogP contribution in [-0.4, -0.2) is 60.1 Å². The molecule has 3 rings (SSSR count). The van der Waals surface area contributed by atoms with E-state index >= 15 is 0 Å². The van der Waals surface area contributed by atoms with Gasteiger partial charge in [0.05, 0.1) is 15.8 Å². The zero-order valence-electron chi connectivity index (χ0n) is 21.4. The number of halogens is 4. The number of amides is 1. The molecule has 1 heterocycles. The fourth-order valence-electron chi connectivity index (χ4n) is 4.39. The lowest BCUT2D eigenvalue weighted by atomic mass is 9.82. The van der Waals surface area contributed by atoms with E-state index in [9.17, 15) is 23.1 Å². The number of hydrogen-bond donors (Lipinski definition) is 3. The molecule has 1 unspecified atom stereocenters. The van der Waals surface area contributed by atoms with Crippen LogP contribution in [-0.2, 0) is 10.5 Å². The normalized spacial score (nSPS) is 17.4. The van der Waals surface area contributed by atoms with Crippen molar-refractivity contribution in [1.29, 1.82) is 0 Å². The van der Waals surface area contributed by atoms with Gasteiger partial charge in [0.1, 0.15) is 6.23 Å². The Kier molecular flexibility index (Phi) is 9.90. The first-order chi connectivity index (χ1) is 17.4. The molecule has 1 aliphatic carbocycles. The summed E-state index contributed by atoms with van der Waals surface area (Å²) >= 11 is 7.51. The molecule has 3 N–H and O–H groups in total. The Hall–Kier alpha value is -1.85. The Morgan fingerprint density at radius 2 is 1.97 bits per heavy atom. The van der Waals surface area contributed by atoms with Crippen molar-refractivity contribution in [3.05, 3.63) is 63.9 Å². The number of nitrogens with zero attached hydrogens (tertiary/aromatic N) is 2. The average Bonchev–Trinajstić information content (AvgIpc) is 3.65. The Morgan fingerprint density at radius 1 is 1.27 bits per heavy atom. The van der Waals surface area contributed by atoms with Crippen LogP contribution in [0.1, 0.15) is 53.8 Å². The standard InChI is InChI=1S/C26H34ClF3N4O2S/c1-16-11-17(24(36)31-2)5-6-18(16)15-37-23(34(3)4)14-33-22(35)12-20(21-8-7-19(27)13-32-21)25(9-10-25)26(28,29)30/h5-8,11,13,20,23-24,31,36H,9-10,12,14-15H2,1-4H3,(H,33,35)/t20-,23-,24?/m0/s1. The molecule has 11 heteroatoms. The highest BCUT2D eigenvalue weighted by atomic mass is 35.5. The number of pyridine rings is 1. The summed E-state index contributed by atoms with van der Waals surface area (Å²) in [5.41, 5.74) is 1.23. The second-order valence-electron chi connectivity index (χ2n) is 9.72. The summed E-state index contributed by atoms with van der Waals surface area (Å²) < 4.78 is 41.9. The van der Waals surface area contributed by atoms with Crippen LogP contribution >= 0.6 is 23.4 Å². The number of carbonyl (C=O) groups is 1. The van der Waals surface area contributed by atoms with E-state index in [0.717, 1.165) is 16.7 Å². The summed E-state index contributed by atoms with van der Waals surface area (Å²) in [6, 6.07) is 8.76. The SMILES string of the molecule is CNC(O)c1ccc(CS[C@@H](CNC(=O)C[C@@H](c2ccc(Cl)cn2)C2(C(F)(F)F)CC2)N(C)C)c(C)c1. The molecule has 1 saturated carbocycles. The Morgan fingerprint density at radius 3 is 2.49 bits per heavy atom. The summed E-state index contributed by atoms with van der Waals surface area (Å²) in [6.45, 7) is 2.26. The molecule has 204 valence electrons. The van der Waals surface area contributed by atoms with Crippen LogP contribution < -0.4 is 10.6 Å². The zero-order chi connectivity index (χ0) is 27.4. The Balaban J connectivity index is 1.64. The molecule has 1 aliphatic rings. The Labute approximate surface area is 225 Å². The van der Waals surface area contributed by atoms with Crippen molar-refractivity contribution < 1.29 is 23.1 Å². The van der Waals surface area contributed by atoms with E-state index in [0.29, 0.717) is 10.8 Å². The van der Waals surface area contributed by atoms with Gasteiger partial charge >= 0.3 is 6.18 Å². The lowest BCUT2D eigenvalue weighted by molar-refractivity contribution is -0.195. The average molecular weight is 559 g/mol. The molecule has 3 atom stereocenters. The van der Waals surface area contributed by atoms with E-state index < -0.39 is 29.6 Å². The number of aliphatic hydroxyl groups excluding tert-OH is 1. The third kappa shape index (κ3) is 7.38. The van der Waals surface area contributed by atoms with Gasteiger partial charge in [-0.3, -0.25) is 20.0 Å². The number of thioether (sulfide) groups is 1. The summed E-state index contributed by atoms with van der Waals surface area (Å²) in [4.78, 5) is 19.0. The first-order valence-electron chi connectivity index (χ1n) is 12.1. The second-order valence-corrected chi connectivity index (χ2v) is 11.3. The predicted octanol–water partition coefficient (Wildman–Crippen LogP) is 5.01. The van der Waals surface area contributed by atoms with E-state index in [-0.39, 0.29) is 36.9 Å². The minimum absolute atomic E-state index is 0.0155. The largest absolute Gasteiger partial charge is 0.395 e. The molecule has 0 bridgehead atoms. The summed E-state index contributed by atoms with van der Waals surface area (Å²) in [5, 5.41) is 15.9. The van der Waals surface area contributed by atoms with Gasteiger partial charge in [0.2, 0.25) is 5.91 Å². The molecule has 0 spiro atoms. The number of alkyl halides is 3.